The number of fused-ring (bicyclic) bond motifs is 3. The van der Waals surface area contributed by atoms with Gasteiger partial charge in [0.1, 0.15) is 17.8 Å². The number of carbonyl (C=O) groups is 1. The second kappa shape index (κ2) is 5.62. The summed E-state index contributed by atoms with van der Waals surface area (Å²) in [6.07, 6.45) is -3.53. The van der Waals surface area contributed by atoms with Crippen molar-refractivity contribution >= 4 is 28.2 Å². The van der Waals surface area contributed by atoms with Crippen molar-refractivity contribution < 1.29 is 27.1 Å². The zero-order valence-corrected chi connectivity index (χ0v) is 12.3. The molecule has 7 nitrogen and oxygen atoms in total. The molecular formula is C14H10F3N3O4. The highest BCUT2D eigenvalue weighted by molar-refractivity contribution is 6.00. The smallest absolute Gasteiger partial charge is 0.433 e. The maximum absolute atomic E-state index is 12.7. The number of alkyl halides is 3. The SMILES string of the molecule is CCOC(=O)Cn1cnc2c(oc3nc(C(F)(F)F)ccc32)c1=O. The minimum absolute atomic E-state index is 0.0799. The Bertz CT molecular complexity index is 990. The monoisotopic (exact) mass is 341 g/mol. The molecule has 24 heavy (non-hydrogen) atoms. The van der Waals surface area contributed by atoms with Crippen molar-refractivity contribution in [3.05, 3.63) is 34.5 Å². The normalized spacial score (nSPS) is 12.0. The molecule has 0 saturated carbocycles. The van der Waals surface area contributed by atoms with Gasteiger partial charge in [-0.15, -0.1) is 0 Å². The van der Waals surface area contributed by atoms with Gasteiger partial charge in [0.2, 0.25) is 11.3 Å². The lowest BCUT2D eigenvalue weighted by molar-refractivity contribution is -0.144. The predicted molar refractivity (Wildman–Crippen MR) is 75.2 cm³/mol. The van der Waals surface area contributed by atoms with E-state index in [1.807, 2.05) is 0 Å². The molecule has 0 bridgehead atoms. The number of nitrogens with zero attached hydrogens (tertiary/aromatic N) is 3. The first-order chi connectivity index (χ1) is 11.3. The number of hydrogen-bond donors (Lipinski definition) is 0. The third-order valence-corrected chi connectivity index (χ3v) is 3.21. The summed E-state index contributed by atoms with van der Waals surface area (Å²) in [6.45, 7) is 1.39. The number of carbonyl (C=O) groups excluding carboxylic acids is 1. The van der Waals surface area contributed by atoms with Crippen LogP contribution in [-0.4, -0.2) is 27.1 Å². The molecule has 0 N–H and O–H groups in total. The van der Waals surface area contributed by atoms with Gasteiger partial charge in [-0.2, -0.15) is 13.2 Å². The van der Waals surface area contributed by atoms with E-state index in [4.69, 9.17) is 9.15 Å². The van der Waals surface area contributed by atoms with Crippen LogP contribution in [0, 0.1) is 0 Å². The van der Waals surface area contributed by atoms with E-state index in [2.05, 4.69) is 9.97 Å². The Morgan fingerprint density at radius 2 is 2.12 bits per heavy atom. The summed E-state index contributed by atoms with van der Waals surface area (Å²) in [6, 6.07) is 1.92. The molecule has 0 aliphatic heterocycles. The van der Waals surface area contributed by atoms with E-state index in [0.29, 0.717) is 0 Å². The molecule has 3 rings (SSSR count). The van der Waals surface area contributed by atoms with Crippen molar-refractivity contribution in [1.82, 2.24) is 14.5 Å². The molecule has 3 heterocycles. The largest absolute Gasteiger partial charge is 0.465 e. The number of aromatic nitrogens is 3. The molecular weight excluding hydrogens is 331 g/mol. The van der Waals surface area contributed by atoms with E-state index < -0.39 is 23.4 Å². The van der Waals surface area contributed by atoms with Gasteiger partial charge in [-0.3, -0.25) is 14.2 Å². The first-order valence-electron chi connectivity index (χ1n) is 6.82. The zero-order valence-electron chi connectivity index (χ0n) is 12.3. The Morgan fingerprint density at radius 3 is 2.79 bits per heavy atom. The first kappa shape index (κ1) is 16.0. The minimum Gasteiger partial charge on any atom is -0.465 e. The molecule has 0 unspecified atom stereocenters. The van der Waals surface area contributed by atoms with Crippen molar-refractivity contribution in [3.8, 4) is 0 Å². The van der Waals surface area contributed by atoms with Gasteiger partial charge in [0.05, 0.1) is 18.3 Å². The molecule has 0 fully saturated rings. The molecule has 3 aromatic rings. The molecule has 0 amide bonds. The standard InChI is InChI=1S/C14H10F3N3O4/c1-2-23-9(21)5-20-6-18-10-7-3-4-8(14(15,16)17)19-12(7)24-11(10)13(20)22/h3-4,6H,2,5H2,1H3. The van der Waals surface area contributed by atoms with Crippen LogP contribution < -0.4 is 5.56 Å². The van der Waals surface area contributed by atoms with Crippen LogP contribution in [0.1, 0.15) is 12.6 Å². The van der Waals surface area contributed by atoms with Gasteiger partial charge in [-0.25, -0.2) is 9.97 Å². The van der Waals surface area contributed by atoms with Crippen LogP contribution in [0.3, 0.4) is 0 Å². The second-order valence-corrected chi connectivity index (χ2v) is 4.81. The molecule has 0 aliphatic rings. The lowest BCUT2D eigenvalue weighted by atomic mass is 10.2. The van der Waals surface area contributed by atoms with Gasteiger partial charge in [-0.05, 0) is 19.1 Å². The molecule has 0 aliphatic carbocycles. The summed E-state index contributed by atoms with van der Waals surface area (Å²) >= 11 is 0. The third-order valence-electron chi connectivity index (χ3n) is 3.21. The topological polar surface area (TPSA) is 87.2 Å². The summed E-state index contributed by atoms with van der Waals surface area (Å²) in [5.41, 5.74) is -2.39. The number of pyridine rings is 1. The van der Waals surface area contributed by atoms with E-state index in [1.165, 1.54) is 0 Å². The van der Waals surface area contributed by atoms with E-state index in [-0.39, 0.29) is 35.4 Å². The molecule has 126 valence electrons. The number of hydrogen-bond acceptors (Lipinski definition) is 6. The van der Waals surface area contributed by atoms with Crippen molar-refractivity contribution in [3.63, 3.8) is 0 Å². The summed E-state index contributed by atoms with van der Waals surface area (Å²) in [5.74, 6) is -0.644. The zero-order chi connectivity index (χ0) is 17.5. The van der Waals surface area contributed by atoms with E-state index >= 15 is 0 Å². The Kier molecular flexibility index (Phi) is 3.74. The predicted octanol–water partition coefficient (Wildman–Crippen LogP) is 2.12. The number of halogens is 3. The Balaban J connectivity index is 2.13. The van der Waals surface area contributed by atoms with E-state index in [9.17, 15) is 22.8 Å². The van der Waals surface area contributed by atoms with Crippen LogP contribution in [0.2, 0.25) is 0 Å². The van der Waals surface area contributed by atoms with Gasteiger partial charge in [0.25, 0.3) is 5.56 Å². The Morgan fingerprint density at radius 1 is 1.38 bits per heavy atom. The second-order valence-electron chi connectivity index (χ2n) is 4.81. The molecule has 0 spiro atoms. The van der Waals surface area contributed by atoms with Gasteiger partial charge in [0, 0.05) is 0 Å². The molecule has 3 aromatic heterocycles. The Labute approximate surface area is 131 Å². The fraction of sp³-hybridized carbons (Fsp3) is 0.286. The fourth-order valence-electron chi connectivity index (χ4n) is 2.17. The first-order valence-corrected chi connectivity index (χ1v) is 6.82. The molecule has 0 radical (unpaired) electrons. The average molecular weight is 341 g/mol. The summed E-state index contributed by atoms with van der Waals surface area (Å²) in [7, 11) is 0. The van der Waals surface area contributed by atoms with E-state index in [1.54, 1.807) is 6.92 Å². The van der Waals surface area contributed by atoms with Crippen LogP contribution in [0.5, 0.6) is 0 Å². The quantitative estimate of drug-likeness (QED) is 0.678. The van der Waals surface area contributed by atoms with Crippen molar-refractivity contribution in [2.75, 3.05) is 6.61 Å². The van der Waals surface area contributed by atoms with Gasteiger partial charge >= 0.3 is 12.1 Å². The van der Waals surface area contributed by atoms with Crippen LogP contribution in [0.15, 0.2) is 27.7 Å². The van der Waals surface area contributed by atoms with Crippen molar-refractivity contribution in [1.29, 1.82) is 0 Å². The lowest BCUT2D eigenvalue weighted by Crippen LogP contribution is -2.25. The highest BCUT2D eigenvalue weighted by atomic mass is 19.4. The average Bonchev–Trinajstić information content (AvgIpc) is 2.88. The minimum atomic E-state index is -4.63. The van der Waals surface area contributed by atoms with Crippen LogP contribution >= 0.6 is 0 Å². The fourth-order valence-corrected chi connectivity index (χ4v) is 2.17. The summed E-state index contributed by atoms with van der Waals surface area (Å²) in [4.78, 5) is 31.1. The number of furan rings is 1. The summed E-state index contributed by atoms with van der Waals surface area (Å²) in [5, 5.41) is 0.179. The number of esters is 1. The van der Waals surface area contributed by atoms with Gasteiger partial charge in [-0.1, -0.05) is 0 Å². The van der Waals surface area contributed by atoms with Crippen LogP contribution in [0.4, 0.5) is 13.2 Å². The molecule has 0 aromatic carbocycles. The van der Waals surface area contributed by atoms with Crippen LogP contribution in [0.25, 0.3) is 22.2 Å². The third kappa shape index (κ3) is 2.70. The summed E-state index contributed by atoms with van der Waals surface area (Å²) < 4.78 is 48.9. The highest BCUT2D eigenvalue weighted by Gasteiger charge is 2.33. The molecule has 0 saturated heterocycles. The molecule has 0 atom stereocenters. The maximum atomic E-state index is 12.7. The molecule has 10 heteroatoms. The van der Waals surface area contributed by atoms with Crippen molar-refractivity contribution in [2.24, 2.45) is 0 Å². The maximum Gasteiger partial charge on any atom is 0.433 e. The lowest BCUT2D eigenvalue weighted by Gasteiger charge is -2.04. The number of rotatable bonds is 3. The van der Waals surface area contributed by atoms with Gasteiger partial charge in [0.15, 0.2) is 0 Å². The highest BCUT2D eigenvalue weighted by Crippen LogP contribution is 2.31. The Hall–Kier alpha value is -2.91. The van der Waals surface area contributed by atoms with E-state index in [0.717, 1.165) is 23.0 Å². The van der Waals surface area contributed by atoms with Gasteiger partial charge < -0.3 is 9.15 Å². The van der Waals surface area contributed by atoms with Crippen LogP contribution in [-0.2, 0) is 22.3 Å². The number of ether oxygens (including phenoxy) is 1. The van der Waals surface area contributed by atoms with Crippen molar-refractivity contribution in [2.45, 2.75) is 19.6 Å².